The van der Waals surface area contributed by atoms with Crippen LogP contribution in [0.2, 0.25) is 0 Å². The number of methoxy groups -OCH3 is 1. The Morgan fingerprint density at radius 3 is 2.53 bits per heavy atom. The Labute approximate surface area is 183 Å². The second kappa shape index (κ2) is 8.10. The van der Waals surface area contributed by atoms with Gasteiger partial charge in [-0.05, 0) is 97.9 Å². The number of ketones is 1. The summed E-state index contributed by atoms with van der Waals surface area (Å²) in [5.41, 5.74) is 1.72. The van der Waals surface area contributed by atoms with Gasteiger partial charge in [0.05, 0.1) is 7.11 Å². The Kier molecular flexibility index (Phi) is 5.96. The molecule has 0 aromatic heterocycles. The molecule has 0 saturated heterocycles. The van der Waals surface area contributed by atoms with Crippen LogP contribution in [0.1, 0.15) is 91.9 Å². The molecular weight excluding hydrogens is 372 g/mol. The van der Waals surface area contributed by atoms with Crippen LogP contribution in [0.25, 0.3) is 0 Å². The van der Waals surface area contributed by atoms with E-state index < -0.39 is 0 Å². The normalized spacial score (nSPS) is 45.4. The largest absolute Gasteiger partial charge is 0.469 e. The minimum absolute atomic E-state index is 0.0956. The van der Waals surface area contributed by atoms with E-state index in [0.29, 0.717) is 47.2 Å². The molecule has 0 bridgehead atoms. The summed E-state index contributed by atoms with van der Waals surface area (Å²) in [5.74, 6) is 3.34. The monoisotopic (exact) mass is 414 g/mol. The van der Waals surface area contributed by atoms with Gasteiger partial charge in [-0.1, -0.05) is 39.7 Å². The third-order valence-electron chi connectivity index (χ3n) is 10.4. The quantitative estimate of drug-likeness (QED) is 0.397. The van der Waals surface area contributed by atoms with Crippen molar-refractivity contribution < 1.29 is 14.3 Å². The SMILES string of the molecule is C/C=C1/C(=O)C2C(CCC3(C)C2CCC3[C@H](C)CCC(=O)OC)C2(C)CCCCC12. The maximum Gasteiger partial charge on any atom is 0.305 e. The summed E-state index contributed by atoms with van der Waals surface area (Å²) < 4.78 is 4.88. The molecule has 7 unspecified atom stereocenters. The first kappa shape index (κ1) is 22.1. The van der Waals surface area contributed by atoms with Crippen LogP contribution < -0.4 is 0 Å². The maximum absolute atomic E-state index is 13.9. The molecule has 0 spiro atoms. The predicted octanol–water partition coefficient (Wildman–Crippen LogP) is 6.36. The van der Waals surface area contributed by atoms with E-state index in [-0.39, 0.29) is 17.3 Å². The van der Waals surface area contributed by atoms with E-state index in [1.807, 2.05) is 0 Å². The second-order valence-electron chi connectivity index (χ2n) is 11.5. The smallest absolute Gasteiger partial charge is 0.305 e. The first-order chi connectivity index (χ1) is 14.3. The van der Waals surface area contributed by atoms with Crippen LogP contribution in [0.15, 0.2) is 11.6 Å². The lowest BCUT2D eigenvalue weighted by atomic mass is 9.43. The van der Waals surface area contributed by atoms with Crippen LogP contribution in [0.5, 0.6) is 0 Å². The lowest BCUT2D eigenvalue weighted by Crippen LogP contribution is -2.57. The number of rotatable bonds is 4. The molecule has 0 heterocycles. The van der Waals surface area contributed by atoms with Gasteiger partial charge in [0, 0.05) is 12.3 Å². The average molecular weight is 415 g/mol. The van der Waals surface area contributed by atoms with Gasteiger partial charge in [0.2, 0.25) is 0 Å². The summed E-state index contributed by atoms with van der Waals surface area (Å²) in [4.78, 5) is 25.6. The molecule has 4 fully saturated rings. The molecule has 4 aliphatic rings. The van der Waals surface area contributed by atoms with Gasteiger partial charge in [-0.2, -0.15) is 0 Å². The lowest BCUT2D eigenvalue weighted by molar-refractivity contribution is -0.146. The van der Waals surface area contributed by atoms with E-state index in [1.165, 1.54) is 64.0 Å². The number of esters is 1. The van der Waals surface area contributed by atoms with Crippen molar-refractivity contribution in [2.75, 3.05) is 7.11 Å². The highest BCUT2D eigenvalue weighted by Crippen LogP contribution is 2.68. The highest BCUT2D eigenvalue weighted by atomic mass is 16.5. The third kappa shape index (κ3) is 3.21. The summed E-state index contributed by atoms with van der Waals surface area (Å²) in [6, 6.07) is 0. The minimum atomic E-state index is -0.0956. The van der Waals surface area contributed by atoms with Crippen molar-refractivity contribution in [2.45, 2.75) is 91.9 Å². The number of Topliss-reactive ketones (excluding diaryl/α,β-unsaturated/α-hetero) is 1. The van der Waals surface area contributed by atoms with E-state index in [2.05, 4.69) is 33.8 Å². The van der Waals surface area contributed by atoms with Gasteiger partial charge in [-0.25, -0.2) is 0 Å². The number of fused-ring (bicyclic) bond motifs is 5. The fraction of sp³-hybridized carbons (Fsp3) is 0.852. The predicted molar refractivity (Wildman–Crippen MR) is 120 cm³/mol. The van der Waals surface area contributed by atoms with Crippen molar-refractivity contribution in [3.05, 3.63) is 11.6 Å². The Hall–Kier alpha value is -1.12. The zero-order valence-corrected chi connectivity index (χ0v) is 19.8. The van der Waals surface area contributed by atoms with Gasteiger partial charge in [-0.3, -0.25) is 9.59 Å². The summed E-state index contributed by atoms with van der Waals surface area (Å²) >= 11 is 0. The van der Waals surface area contributed by atoms with Crippen LogP contribution in [0.3, 0.4) is 0 Å². The molecule has 0 amide bonds. The van der Waals surface area contributed by atoms with E-state index in [9.17, 15) is 9.59 Å². The van der Waals surface area contributed by atoms with Crippen LogP contribution in [-0.2, 0) is 14.3 Å². The van der Waals surface area contributed by atoms with E-state index in [1.54, 1.807) is 0 Å². The van der Waals surface area contributed by atoms with Gasteiger partial charge < -0.3 is 4.74 Å². The highest BCUT2D eigenvalue weighted by Gasteiger charge is 2.63. The maximum atomic E-state index is 13.9. The van der Waals surface area contributed by atoms with Crippen molar-refractivity contribution in [1.82, 2.24) is 0 Å². The summed E-state index contributed by atoms with van der Waals surface area (Å²) in [6.45, 7) is 9.43. The molecule has 0 aliphatic heterocycles. The van der Waals surface area contributed by atoms with Gasteiger partial charge >= 0.3 is 5.97 Å². The molecule has 0 aromatic carbocycles. The highest BCUT2D eigenvalue weighted by molar-refractivity contribution is 5.99. The standard InChI is InChI=1S/C27H42O3/c1-6-18-20-9-7-8-15-26(20,3)22-14-16-27(4)19(17(2)10-13-23(28)30-5)11-12-21(27)24(22)25(18)29/h6,17,19-22,24H,7-16H2,1-5H3/b18-6+/t17-,19?,20?,21?,22?,24?,26?,27?/m1/s1. The van der Waals surface area contributed by atoms with Gasteiger partial charge in [0.25, 0.3) is 0 Å². The topological polar surface area (TPSA) is 43.4 Å². The molecule has 0 radical (unpaired) electrons. The molecular formula is C27H42O3. The first-order valence-electron chi connectivity index (χ1n) is 12.5. The van der Waals surface area contributed by atoms with Crippen LogP contribution >= 0.6 is 0 Å². The Bertz CT molecular complexity index is 724. The third-order valence-corrected chi connectivity index (χ3v) is 10.4. The van der Waals surface area contributed by atoms with Gasteiger partial charge in [-0.15, -0.1) is 0 Å². The molecule has 4 saturated carbocycles. The summed E-state index contributed by atoms with van der Waals surface area (Å²) in [5, 5.41) is 0. The van der Waals surface area contributed by atoms with Gasteiger partial charge in [0.15, 0.2) is 5.78 Å². The number of allylic oxidation sites excluding steroid dienone is 2. The molecule has 168 valence electrons. The number of hydrogen-bond acceptors (Lipinski definition) is 3. The number of ether oxygens (including phenoxy) is 1. The van der Waals surface area contributed by atoms with E-state index in [0.717, 1.165) is 6.42 Å². The van der Waals surface area contributed by atoms with Crippen molar-refractivity contribution in [3.63, 3.8) is 0 Å². The molecule has 4 aliphatic carbocycles. The first-order valence-corrected chi connectivity index (χ1v) is 12.5. The van der Waals surface area contributed by atoms with Gasteiger partial charge in [0.1, 0.15) is 0 Å². The zero-order valence-electron chi connectivity index (χ0n) is 19.8. The fourth-order valence-electron chi connectivity index (χ4n) is 8.89. The average Bonchev–Trinajstić information content (AvgIpc) is 3.09. The molecule has 3 heteroatoms. The van der Waals surface area contributed by atoms with Crippen LogP contribution in [0, 0.1) is 46.3 Å². The summed E-state index contributed by atoms with van der Waals surface area (Å²) in [7, 11) is 1.48. The lowest BCUT2D eigenvalue weighted by Gasteiger charge is -2.60. The molecule has 30 heavy (non-hydrogen) atoms. The second-order valence-corrected chi connectivity index (χ2v) is 11.5. The van der Waals surface area contributed by atoms with Crippen molar-refractivity contribution in [1.29, 1.82) is 0 Å². The zero-order chi connectivity index (χ0) is 21.7. The molecule has 8 atom stereocenters. The molecule has 4 rings (SSSR count). The Morgan fingerprint density at radius 1 is 1.10 bits per heavy atom. The number of carbonyl (C=O) groups is 2. The minimum Gasteiger partial charge on any atom is -0.469 e. The van der Waals surface area contributed by atoms with Crippen molar-refractivity contribution >= 4 is 11.8 Å². The molecule has 3 nitrogen and oxygen atoms in total. The Morgan fingerprint density at radius 2 is 1.83 bits per heavy atom. The Balaban J connectivity index is 1.61. The molecule has 0 N–H and O–H groups in total. The summed E-state index contributed by atoms with van der Waals surface area (Å²) in [6.07, 6.45) is 13.6. The van der Waals surface area contributed by atoms with Crippen LogP contribution in [0.4, 0.5) is 0 Å². The number of hydrogen-bond donors (Lipinski definition) is 0. The fourth-order valence-corrected chi connectivity index (χ4v) is 8.89. The van der Waals surface area contributed by atoms with Crippen LogP contribution in [-0.4, -0.2) is 18.9 Å². The van der Waals surface area contributed by atoms with E-state index in [4.69, 9.17) is 4.74 Å². The number of carbonyl (C=O) groups excluding carboxylic acids is 2. The van der Waals surface area contributed by atoms with Crippen molar-refractivity contribution in [2.24, 2.45) is 46.3 Å². The molecule has 0 aromatic rings. The van der Waals surface area contributed by atoms with Crippen molar-refractivity contribution in [3.8, 4) is 0 Å². The van der Waals surface area contributed by atoms with E-state index >= 15 is 0 Å².